The molecule has 0 saturated heterocycles. The zero-order chi connectivity index (χ0) is 15.1. The number of carboxylic acids is 1. The first-order valence-corrected chi connectivity index (χ1v) is 7.03. The molecule has 2 aromatic rings. The molecule has 1 aliphatic rings. The van der Waals surface area contributed by atoms with Crippen molar-refractivity contribution in [3.05, 3.63) is 53.1 Å². The molecule has 106 valence electrons. The summed E-state index contributed by atoms with van der Waals surface area (Å²) < 4.78 is 1.90. The maximum Gasteiger partial charge on any atom is 0.370 e. The minimum absolute atomic E-state index is 0.0219. The van der Waals surface area contributed by atoms with Gasteiger partial charge in [0.15, 0.2) is 0 Å². The summed E-state index contributed by atoms with van der Waals surface area (Å²) in [5.74, 6) is -0.823. The molecule has 3 nitrogen and oxygen atoms in total. The van der Waals surface area contributed by atoms with Gasteiger partial charge in [0, 0.05) is 12.1 Å². The molecule has 0 aliphatic carbocycles. The highest BCUT2D eigenvalue weighted by Crippen LogP contribution is 2.37. The first-order valence-electron chi connectivity index (χ1n) is 7.03. The molecule has 2 aromatic carbocycles. The first-order chi connectivity index (χ1) is 9.99. The average molecular weight is 280 g/mol. The van der Waals surface area contributed by atoms with Crippen LogP contribution in [0.2, 0.25) is 0 Å². The van der Waals surface area contributed by atoms with Gasteiger partial charge in [0.05, 0.1) is 10.9 Å². The molecule has 0 radical (unpaired) electrons. The Balaban J connectivity index is 2.37. The lowest BCUT2D eigenvalue weighted by Gasteiger charge is -2.02. The number of rotatable bonds is 3. The molecule has 0 aromatic heterocycles. The van der Waals surface area contributed by atoms with Crippen molar-refractivity contribution in [3.8, 4) is 0 Å². The fourth-order valence-corrected chi connectivity index (χ4v) is 2.98. The van der Waals surface area contributed by atoms with Gasteiger partial charge in [-0.15, -0.1) is 0 Å². The lowest BCUT2D eigenvalue weighted by atomic mass is 9.98. The highest BCUT2D eigenvalue weighted by molar-refractivity contribution is 6.20. The monoisotopic (exact) mass is 280 g/mol. The Hall–Kier alpha value is -2.42. The summed E-state index contributed by atoms with van der Waals surface area (Å²) in [7, 11) is 0. The molecule has 0 amide bonds. The SMILES string of the molecule is CC(C)=CC1=[N+](CC(=O)O)c2ccc(C)c3cccc1c23. The van der Waals surface area contributed by atoms with Crippen LogP contribution in [-0.4, -0.2) is 27.9 Å². The average Bonchev–Trinajstić information content (AvgIpc) is 2.69. The number of benzene rings is 2. The predicted octanol–water partition coefficient (Wildman–Crippen LogP) is 3.65. The second kappa shape index (κ2) is 4.85. The van der Waals surface area contributed by atoms with Gasteiger partial charge >= 0.3 is 5.97 Å². The van der Waals surface area contributed by atoms with Gasteiger partial charge in [-0.05, 0) is 37.8 Å². The van der Waals surface area contributed by atoms with Crippen LogP contribution >= 0.6 is 0 Å². The van der Waals surface area contributed by atoms with E-state index in [9.17, 15) is 9.90 Å². The molecule has 0 spiro atoms. The third-order valence-electron chi connectivity index (χ3n) is 3.81. The topological polar surface area (TPSA) is 40.3 Å². The minimum atomic E-state index is -0.823. The number of allylic oxidation sites excluding steroid dienone is 2. The number of aliphatic carboxylic acids is 1. The largest absolute Gasteiger partial charge is 0.477 e. The maximum absolute atomic E-state index is 11.2. The van der Waals surface area contributed by atoms with Gasteiger partial charge in [-0.2, -0.15) is 4.58 Å². The zero-order valence-corrected chi connectivity index (χ0v) is 12.5. The van der Waals surface area contributed by atoms with Crippen molar-refractivity contribution in [1.82, 2.24) is 0 Å². The Labute approximate surface area is 123 Å². The minimum Gasteiger partial charge on any atom is -0.477 e. The van der Waals surface area contributed by atoms with Gasteiger partial charge in [-0.3, -0.25) is 0 Å². The molecule has 0 fully saturated rings. The van der Waals surface area contributed by atoms with E-state index in [2.05, 4.69) is 31.2 Å². The summed E-state index contributed by atoms with van der Waals surface area (Å²) in [4.78, 5) is 11.2. The Morgan fingerprint density at radius 3 is 2.67 bits per heavy atom. The van der Waals surface area contributed by atoms with E-state index in [1.165, 1.54) is 10.9 Å². The predicted molar refractivity (Wildman–Crippen MR) is 84.6 cm³/mol. The molecule has 0 saturated carbocycles. The van der Waals surface area contributed by atoms with E-state index < -0.39 is 5.97 Å². The summed E-state index contributed by atoms with van der Waals surface area (Å²) >= 11 is 0. The lowest BCUT2D eigenvalue weighted by Crippen LogP contribution is -2.20. The molecule has 1 N–H and O–H groups in total. The van der Waals surface area contributed by atoms with Crippen molar-refractivity contribution in [2.75, 3.05) is 6.54 Å². The highest BCUT2D eigenvalue weighted by Gasteiger charge is 2.32. The van der Waals surface area contributed by atoms with Crippen molar-refractivity contribution in [1.29, 1.82) is 0 Å². The van der Waals surface area contributed by atoms with Crippen LogP contribution in [0, 0.1) is 6.92 Å². The number of hydrogen-bond donors (Lipinski definition) is 1. The van der Waals surface area contributed by atoms with Crippen molar-refractivity contribution in [3.63, 3.8) is 0 Å². The highest BCUT2D eigenvalue weighted by atomic mass is 16.4. The Morgan fingerprint density at radius 2 is 2.00 bits per heavy atom. The Kier molecular flexibility index (Phi) is 3.13. The molecule has 1 aliphatic heterocycles. The van der Waals surface area contributed by atoms with E-state index >= 15 is 0 Å². The van der Waals surface area contributed by atoms with Crippen molar-refractivity contribution < 1.29 is 14.5 Å². The summed E-state index contributed by atoms with van der Waals surface area (Å²) in [5.41, 5.74) is 5.45. The molecule has 21 heavy (non-hydrogen) atoms. The van der Waals surface area contributed by atoms with Crippen molar-refractivity contribution in [2.45, 2.75) is 20.8 Å². The Morgan fingerprint density at radius 1 is 1.24 bits per heavy atom. The summed E-state index contributed by atoms with van der Waals surface area (Å²) in [5, 5.41) is 11.6. The second-order valence-electron chi connectivity index (χ2n) is 5.72. The van der Waals surface area contributed by atoms with Crippen LogP contribution in [0.15, 0.2) is 42.0 Å². The van der Waals surface area contributed by atoms with Crippen LogP contribution in [0.5, 0.6) is 0 Å². The van der Waals surface area contributed by atoms with Crippen molar-refractivity contribution in [2.24, 2.45) is 0 Å². The van der Waals surface area contributed by atoms with E-state index in [0.29, 0.717) is 0 Å². The van der Waals surface area contributed by atoms with Gasteiger partial charge in [0.25, 0.3) is 0 Å². The molecule has 1 heterocycles. The quantitative estimate of drug-likeness (QED) is 0.872. The maximum atomic E-state index is 11.2. The lowest BCUT2D eigenvalue weighted by molar-refractivity contribution is -0.425. The van der Waals surface area contributed by atoms with Crippen LogP contribution in [0.25, 0.3) is 10.8 Å². The van der Waals surface area contributed by atoms with E-state index in [1.807, 2.05) is 30.6 Å². The first kappa shape index (κ1) is 13.6. The third kappa shape index (κ3) is 2.15. The van der Waals surface area contributed by atoms with E-state index in [0.717, 1.165) is 27.9 Å². The van der Waals surface area contributed by atoms with Gasteiger partial charge in [-0.1, -0.05) is 23.8 Å². The fourth-order valence-electron chi connectivity index (χ4n) is 2.98. The number of carbonyl (C=O) groups is 1. The third-order valence-corrected chi connectivity index (χ3v) is 3.81. The molecule has 0 atom stereocenters. The molecule has 0 unspecified atom stereocenters. The Bertz CT molecular complexity index is 824. The van der Waals surface area contributed by atoms with Gasteiger partial charge < -0.3 is 5.11 Å². The van der Waals surface area contributed by atoms with E-state index in [-0.39, 0.29) is 6.54 Å². The standard InChI is InChI=1S/C18H17NO2/c1-11(2)9-16-14-6-4-5-13-12(3)7-8-15(18(13)14)19(16)10-17(20)21/h4-9H,10H2,1-3H3/p+1. The van der Waals surface area contributed by atoms with E-state index in [1.54, 1.807) is 0 Å². The van der Waals surface area contributed by atoms with E-state index in [4.69, 9.17) is 0 Å². The van der Waals surface area contributed by atoms with Crippen LogP contribution in [0.3, 0.4) is 0 Å². The van der Waals surface area contributed by atoms with Crippen LogP contribution in [-0.2, 0) is 4.79 Å². The molecular formula is C18H18NO2+. The summed E-state index contributed by atoms with van der Waals surface area (Å²) in [6.07, 6.45) is 2.06. The van der Waals surface area contributed by atoms with Gasteiger partial charge in [0.1, 0.15) is 0 Å². The molecule has 3 rings (SSSR count). The number of carboxylic acid groups (broad SMARTS) is 1. The molecular weight excluding hydrogens is 262 g/mol. The van der Waals surface area contributed by atoms with Gasteiger partial charge in [-0.25, -0.2) is 4.79 Å². The second-order valence-corrected chi connectivity index (χ2v) is 5.72. The van der Waals surface area contributed by atoms with Gasteiger partial charge in [0.2, 0.25) is 17.9 Å². The normalized spacial score (nSPS) is 12.9. The van der Waals surface area contributed by atoms with Crippen LogP contribution in [0.4, 0.5) is 5.69 Å². The van der Waals surface area contributed by atoms with Crippen LogP contribution < -0.4 is 0 Å². The fraction of sp³-hybridized carbons (Fsp3) is 0.222. The zero-order valence-electron chi connectivity index (χ0n) is 12.5. The summed E-state index contributed by atoms with van der Waals surface area (Å²) in [6, 6.07) is 10.3. The smallest absolute Gasteiger partial charge is 0.370 e. The van der Waals surface area contributed by atoms with Crippen molar-refractivity contribution >= 4 is 28.1 Å². The molecule has 0 bridgehead atoms. The molecule has 3 heteroatoms. The number of nitrogens with zero attached hydrogens (tertiary/aromatic N) is 1. The summed E-state index contributed by atoms with van der Waals surface area (Å²) in [6.45, 7) is 6.12. The number of hydrogen-bond acceptors (Lipinski definition) is 1. The number of aryl methyl sites for hydroxylation is 1. The van der Waals surface area contributed by atoms with Crippen LogP contribution in [0.1, 0.15) is 25.0 Å².